The number of benzene rings is 4. The summed E-state index contributed by atoms with van der Waals surface area (Å²) in [6, 6.07) is 36.9. The van der Waals surface area contributed by atoms with E-state index in [1.54, 1.807) is 0 Å². The van der Waals surface area contributed by atoms with Crippen LogP contribution in [0.4, 0.5) is 0 Å². The summed E-state index contributed by atoms with van der Waals surface area (Å²) in [6.45, 7) is 28.9. The molecule has 0 unspecified atom stereocenters. The van der Waals surface area contributed by atoms with Crippen molar-refractivity contribution in [3.63, 3.8) is 0 Å². The van der Waals surface area contributed by atoms with Gasteiger partial charge in [0.1, 0.15) is 0 Å². The van der Waals surface area contributed by atoms with E-state index in [1.807, 2.05) is 0 Å². The van der Waals surface area contributed by atoms with E-state index in [1.165, 1.54) is 43.0 Å². The third-order valence-corrected chi connectivity index (χ3v) is 16.7. The lowest BCUT2D eigenvalue weighted by molar-refractivity contribution is 1.55. The second-order valence-electron chi connectivity index (χ2n) is 16.3. The Labute approximate surface area is 272 Å². The molecule has 0 saturated heterocycles. The van der Waals surface area contributed by atoms with Crippen molar-refractivity contribution in [1.29, 1.82) is 0 Å². The maximum atomic E-state index is 3.73. The van der Waals surface area contributed by atoms with Crippen LogP contribution >= 0.6 is 0 Å². The monoisotopic (exact) mass is 644 g/mol. The van der Waals surface area contributed by atoms with E-state index >= 15 is 0 Å². The molecule has 0 aliphatic rings. The normalized spacial score (nSPS) is 12.4. The lowest BCUT2D eigenvalue weighted by atomic mass is 9.96. The van der Waals surface area contributed by atoms with Gasteiger partial charge >= 0.3 is 0 Å². The summed E-state index contributed by atoms with van der Waals surface area (Å²) in [5.41, 5.74) is 14.4. The standard InChI is InChI=1S/C40H52Si4/c1-41(2,3)35-21-13-31(14-22-35)39(32-15-23-36(24-16-32)42(4,5)6)29-30-40(33-17-25-37(26-18-33)43(7,8)9)34-19-27-38(28-20-34)44(10,11)12/h13-28H,1-12H3. The summed E-state index contributed by atoms with van der Waals surface area (Å²) < 4.78 is 0. The molecule has 0 nitrogen and oxygen atoms in total. The highest BCUT2D eigenvalue weighted by Crippen LogP contribution is 2.25. The van der Waals surface area contributed by atoms with Crippen molar-refractivity contribution in [2.45, 2.75) is 78.6 Å². The Morgan fingerprint density at radius 1 is 0.295 bits per heavy atom. The molecule has 0 N–H and O–H groups in total. The smallest absolute Gasteiger partial charge is 0.0656 e. The quantitative estimate of drug-likeness (QED) is 0.133. The van der Waals surface area contributed by atoms with Gasteiger partial charge in [0.05, 0.1) is 32.3 Å². The second kappa shape index (κ2) is 12.8. The van der Waals surface area contributed by atoms with Crippen LogP contribution in [0, 0.1) is 0 Å². The molecule has 0 atom stereocenters. The van der Waals surface area contributed by atoms with Crippen LogP contribution in [0.15, 0.2) is 109 Å². The first-order chi connectivity index (χ1) is 20.3. The van der Waals surface area contributed by atoms with E-state index in [0.717, 1.165) is 11.1 Å². The Hall–Kier alpha value is -2.95. The average molecular weight is 645 g/mol. The van der Waals surface area contributed by atoms with E-state index in [2.05, 4.69) is 187 Å². The highest BCUT2D eigenvalue weighted by Gasteiger charge is 2.20. The van der Waals surface area contributed by atoms with E-state index < -0.39 is 32.3 Å². The molecule has 44 heavy (non-hydrogen) atoms. The first-order valence-corrected chi connectivity index (χ1v) is 30.0. The molecule has 0 aliphatic carbocycles. The Bertz CT molecular complexity index is 1430. The van der Waals surface area contributed by atoms with Crippen LogP contribution in [0.25, 0.3) is 11.1 Å². The molecular weight excluding hydrogens is 593 g/mol. The van der Waals surface area contributed by atoms with E-state index in [0.29, 0.717) is 0 Å². The lowest BCUT2D eigenvalue weighted by Gasteiger charge is -2.18. The molecule has 0 spiro atoms. The van der Waals surface area contributed by atoms with Crippen LogP contribution < -0.4 is 20.7 Å². The van der Waals surface area contributed by atoms with Crippen molar-refractivity contribution in [3.8, 4) is 0 Å². The molecule has 4 rings (SSSR count). The fourth-order valence-corrected chi connectivity index (χ4v) is 9.96. The van der Waals surface area contributed by atoms with Crippen molar-refractivity contribution in [2.24, 2.45) is 0 Å². The SMILES string of the molecule is C[Si](C)(C)c1ccc(C(=C=C=C(c2ccc([Si](C)(C)C)cc2)c2ccc([Si](C)(C)C)cc2)c2ccc([Si](C)(C)C)cc2)cc1. The molecular formula is C40H52Si4. The average Bonchev–Trinajstić information content (AvgIpc) is 2.94. The predicted octanol–water partition coefficient (Wildman–Crippen LogP) is 9.19. The molecule has 0 bridgehead atoms. The summed E-state index contributed by atoms with van der Waals surface area (Å²) in [4.78, 5) is 0. The highest BCUT2D eigenvalue weighted by atomic mass is 28.3. The zero-order chi connectivity index (χ0) is 32.5. The molecule has 0 fully saturated rings. The molecule has 0 heterocycles. The second-order valence-corrected chi connectivity index (χ2v) is 36.6. The van der Waals surface area contributed by atoms with Crippen LogP contribution in [0.1, 0.15) is 22.3 Å². The highest BCUT2D eigenvalue weighted by molar-refractivity contribution is 6.90. The van der Waals surface area contributed by atoms with Crippen molar-refractivity contribution < 1.29 is 0 Å². The van der Waals surface area contributed by atoms with E-state index in [9.17, 15) is 0 Å². The molecule has 0 aliphatic heterocycles. The Morgan fingerprint density at radius 2 is 0.455 bits per heavy atom. The number of rotatable bonds is 8. The zero-order valence-corrected chi connectivity index (χ0v) is 33.2. The fraction of sp³-hybridized carbons (Fsp3) is 0.300. The molecule has 0 amide bonds. The maximum absolute atomic E-state index is 3.73. The van der Waals surface area contributed by atoms with Gasteiger partial charge in [0.2, 0.25) is 0 Å². The van der Waals surface area contributed by atoms with Crippen molar-refractivity contribution in [1.82, 2.24) is 0 Å². The third kappa shape index (κ3) is 8.40. The Morgan fingerprint density at radius 3 is 0.591 bits per heavy atom. The fourth-order valence-electron chi connectivity index (χ4n) is 5.29. The summed E-state index contributed by atoms with van der Waals surface area (Å²) >= 11 is 0. The van der Waals surface area contributed by atoms with Crippen molar-refractivity contribution in [3.05, 3.63) is 131 Å². The van der Waals surface area contributed by atoms with Gasteiger partial charge in [0.25, 0.3) is 0 Å². The van der Waals surface area contributed by atoms with Crippen molar-refractivity contribution >= 4 is 64.2 Å². The number of hydrogen-bond acceptors (Lipinski definition) is 0. The van der Waals surface area contributed by atoms with Crippen LogP contribution in [-0.2, 0) is 0 Å². The zero-order valence-electron chi connectivity index (χ0n) is 29.2. The minimum absolute atomic E-state index is 1.09. The summed E-state index contributed by atoms with van der Waals surface area (Å²) in [7, 11) is -5.60. The first kappa shape index (κ1) is 33.9. The van der Waals surface area contributed by atoms with Gasteiger partial charge in [-0.2, -0.15) is 0 Å². The van der Waals surface area contributed by atoms with Gasteiger partial charge in [0, 0.05) is 11.1 Å². The molecule has 0 aromatic heterocycles. The molecule has 0 saturated carbocycles. The van der Waals surface area contributed by atoms with Gasteiger partial charge in [-0.3, -0.25) is 0 Å². The van der Waals surface area contributed by atoms with Crippen LogP contribution in [0.2, 0.25) is 78.6 Å². The number of hydrogen-bond donors (Lipinski definition) is 0. The van der Waals surface area contributed by atoms with Gasteiger partial charge in [-0.1, -0.05) is 208 Å². The summed E-state index contributed by atoms with van der Waals surface area (Å²) in [5, 5.41) is 5.89. The van der Waals surface area contributed by atoms with Crippen molar-refractivity contribution in [2.75, 3.05) is 0 Å². The van der Waals surface area contributed by atoms with E-state index in [4.69, 9.17) is 0 Å². The van der Waals surface area contributed by atoms with Gasteiger partial charge in [-0.25, -0.2) is 0 Å². The maximum Gasteiger partial charge on any atom is 0.0775 e. The topological polar surface area (TPSA) is 0 Å². The largest absolute Gasteiger partial charge is 0.0775 e. The van der Waals surface area contributed by atoms with Crippen LogP contribution in [0.5, 0.6) is 0 Å². The molecule has 4 aromatic rings. The van der Waals surface area contributed by atoms with Crippen LogP contribution in [0.3, 0.4) is 0 Å². The van der Waals surface area contributed by atoms with Crippen LogP contribution in [-0.4, -0.2) is 32.3 Å². The Kier molecular flexibility index (Phi) is 9.88. The molecule has 4 heteroatoms. The van der Waals surface area contributed by atoms with Gasteiger partial charge in [-0.05, 0) is 22.3 Å². The third-order valence-electron chi connectivity index (χ3n) is 8.47. The molecule has 228 valence electrons. The predicted molar refractivity (Wildman–Crippen MR) is 210 cm³/mol. The minimum atomic E-state index is -1.40. The Balaban J connectivity index is 2.01. The summed E-state index contributed by atoms with van der Waals surface area (Å²) in [5.74, 6) is 0. The van der Waals surface area contributed by atoms with Gasteiger partial charge in [0.15, 0.2) is 0 Å². The molecule has 4 aromatic carbocycles. The minimum Gasteiger partial charge on any atom is -0.0656 e. The lowest BCUT2D eigenvalue weighted by Crippen LogP contribution is -2.37. The first-order valence-electron chi connectivity index (χ1n) is 16.0. The van der Waals surface area contributed by atoms with E-state index in [-0.39, 0.29) is 0 Å². The summed E-state index contributed by atoms with van der Waals surface area (Å²) in [6.07, 6.45) is 0. The van der Waals surface area contributed by atoms with Gasteiger partial charge in [-0.15, -0.1) is 0 Å². The van der Waals surface area contributed by atoms with Gasteiger partial charge < -0.3 is 0 Å². The molecule has 0 radical (unpaired) electrons.